The minimum Gasteiger partial charge on any atom is -0.496 e. The topological polar surface area (TPSA) is 148 Å². The Balaban J connectivity index is 1.41. The van der Waals surface area contributed by atoms with Crippen LogP contribution in [-0.2, 0) is 16.1 Å². The molecule has 12 heteroatoms. The lowest BCUT2D eigenvalue weighted by Gasteiger charge is -2.25. The Morgan fingerprint density at radius 3 is 2.80 bits per heavy atom. The first-order chi connectivity index (χ1) is 21.7. The summed E-state index contributed by atoms with van der Waals surface area (Å²) < 4.78 is 13.7. The number of urea groups is 1. The molecule has 240 valence electrons. The van der Waals surface area contributed by atoms with E-state index in [2.05, 4.69) is 22.7 Å². The number of nitrogens with zero attached hydrogens (tertiary/aromatic N) is 4. The number of nitrogens with one attached hydrogen (secondary N) is 2. The highest BCUT2D eigenvalue weighted by atomic mass is 16.5. The van der Waals surface area contributed by atoms with Crippen LogP contribution >= 0.6 is 0 Å². The second kappa shape index (κ2) is 13.6. The fourth-order valence-electron chi connectivity index (χ4n) is 5.77. The highest BCUT2D eigenvalue weighted by Gasteiger charge is 2.60. The number of carboxylic acids is 1. The maximum Gasteiger partial charge on any atom is 0.330 e. The average Bonchev–Trinajstić information content (AvgIpc) is 3.52. The van der Waals surface area contributed by atoms with Crippen molar-refractivity contribution in [1.29, 1.82) is 0 Å². The minimum absolute atomic E-state index is 0.0736. The van der Waals surface area contributed by atoms with Crippen LogP contribution in [0.5, 0.6) is 11.5 Å². The standard InChI is InChI=1S/C33H42N6O6/c1-5-14-39-20-22(19-34-39)26-17-28(24-11-12-27(44-4)21(2)29(24)35-26)45-16-13-25-30(40)37-33(31(41)42)18-23(33)10-8-6-7-9-15-38(3)32(43)36-25/h8,10-12,17,19-20,23,25H,5-7,9,13-16,18H2,1-4H3,(H,36,43)(H,37,40)(H,41,42)/b10-8-. The first kappa shape index (κ1) is 31.8. The molecule has 3 atom stereocenters. The van der Waals surface area contributed by atoms with E-state index in [0.717, 1.165) is 48.7 Å². The molecule has 3 heterocycles. The molecular formula is C33H42N6O6. The summed E-state index contributed by atoms with van der Waals surface area (Å²) in [7, 11) is 3.30. The molecule has 3 amide bonds. The number of fused-ring (bicyclic) bond motifs is 2. The van der Waals surface area contributed by atoms with Crippen LogP contribution < -0.4 is 20.1 Å². The van der Waals surface area contributed by atoms with Crippen molar-refractivity contribution in [3.8, 4) is 22.8 Å². The van der Waals surface area contributed by atoms with Gasteiger partial charge in [0.2, 0.25) is 5.91 Å². The summed E-state index contributed by atoms with van der Waals surface area (Å²) >= 11 is 0. The molecule has 12 nitrogen and oxygen atoms in total. The van der Waals surface area contributed by atoms with Crippen molar-refractivity contribution >= 4 is 28.8 Å². The quantitative estimate of drug-likeness (QED) is 0.301. The van der Waals surface area contributed by atoms with Crippen LogP contribution in [0.4, 0.5) is 4.79 Å². The molecular weight excluding hydrogens is 576 g/mol. The molecule has 3 aromatic rings. The number of aliphatic carboxylic acids is 1. The molecule has 5 rings (SSSR count). The van der Waals surface area contributed by atoms with E-state index >= 15 is 0 Å². The lowest BCUT2D eigenvalue weighted by molar-refractivity contribution is -0.143. The van der Waals surface area contributed by atoms with E-state index in [1.165, 1.54) is 0 Å². The van der Waals surface area contributed by atoms with Gasteiger partial charge in [0.1, 0.15) is 23.1 Å². The zero-order valence-corrected chi connectivity index (χ0v) is 26.3. The second-order valence-corrected chi connectivity index (χ2v) is 11.8. The third kappa shape index (κ3) is 6.89. The van der Waals surface area contributed by atoms with Crippen LogP contribution in [0.1, 0.15) is 51.0 Å². The largest absolute Gasteiger partial charge is 0.496 e. The SMILES string of the molecule is CCCn1cc(-c2cc(OCCC3NC(=O)N(C)CCCC/C=C\C4CC4(C(=O)O)NC3=O)c3ccc(OC)c(C)c3n2)cn1. The van der Waals surface area contributed by atoms with Gasteiger partial charge in [0.25, 0.3) is 0 Å². The molecule has 2 aromatic heterocycles. The van der Waals surface area contributed by atoms with E-state index in [1.807, 2.05) is 48.2 Å². The van der Waals surface area contributed by atoms with Gasteiger partial charge in [0, 0.05) is 61.3 Å². The molecule has 2 aliphatic rings. The number of allylic oxidation sites excluding steroid dienone is 1. The average molecular weight is 619 g/mol. The van der Waals surface area contributed by atoms with Gasteiger partial charge < -0.3 is 30.1 Å². The van der Waals surface area contributed by atoms with Gasteiger partial charge in [-0.3, -0.25) is 9.48 Å². The number of amides is 3. The van der Waals surface area contributed by atoms with Crippen molar-refractivity contribution < 1.29 is 29.0 Å². The van der Waals surface area contributed by atoms with E-state index in [1.54, 1.807) is 25.3 Å². The van der Waals surface area contributed by atoms with Gasteiger partial charge in [-0.2, -0.15) is 5.10 Å². The van der Waals surface area contributed by atoms with E-state index in [0.29, 0.717) is 35.7 Å². The Bertz CT molecular complexity index is 1600. The van der Waals surface area contributed by atoms with E-state index < -0.39 is 29.5 Å². The number of aromatic nitrogens is 3. The number of pyridine rings is 1. The number of rotatable bonds is 9. The van der Waals surface area contributed by atoms with E-state index in [4.69, 9.17) is 14.5 Å². The minimum atomic E-state index is -1.37. The third-order valence-corrected chi connectivity index (χ3v) is 8.60. The molecule has 0 spiro atoms. The number of aryl methyl sites for hydroxylation is 2. The normalized spacial score (nSPS) is 23.0. The van der Waals surface area contributed by atoms with E-state index in [9.17, 15) is 19.5 Å². The lowest BCUT2D eigenvalue weighted by atomic mass is 10.1. The van der Waals surface area contributed by atoms with Crippen molar-refractivity contribution in [2.24, 2.45) is 5.92 Å². The van der Waals surface area contributed by atoms with Crippen LogP contribution in [0, 0.1) is 12.8 Å². The molecule has 1 aliphatic heterocycles. The summed E-state index contributed by atoms with van der Waals surface area (Å²) in [4.78, 5) is 45.3. The molecule has 1 aromatic carbocycles. The fraction of sp³-hybridized carbons (Fsp3) is 0.485. The van der Waals surface area contributed by atoms with Gasteiger partial charge in [-0.05, 0) is 51.2 Å². The summed E-state index contributed by atoms with van der Waals surface area (Å²) in [5.74, 6) is -0.674. The zero-order valence-electron chi connectivity index (χ0n) is 26.3. The van der Waals surface area contributed by atoms with Gasteiger partial charge in [-0.15, -0.1) is 0 Å². The Morgan fingerprint density at radius 2 is 2.04 bits per heavy atom. The second-order valence-electron chi connectivity index (χ2n) is 11.8. The Labute approximate surface area is 262 Å². The van der Waals surface area contributed by atoms with Crippen LogP contribution in [0.15, 0.2) is 42.7 Å². The smallest absolute Gasteiger partial charge is 0.330 e. The molecule has 1 fully saturated rings. The highest BCUT2D eigenvalue weighted by molar-refractivity contribution is 5.94. The number of benzene rings is 1. The summed E-state index contributed by atoms with van der Waals surface area (Å²) in [5.41, 5.74) is 1.72. The van der Waals surface area contributed by atoms with Crippen LogP contribution in [-0.4, -0.2) is 81.6 Å². The van der Waals surface area contributed by atoms with Crippen molar-refractivity contribution in [2.45, 2.75) is 70.5 Å². The molecule has 1 saturated carbocycles. The summed E-state index contributed by atoms with van der Waals surface area (Å²) in [5, 5.41) is 20.8. The monoisotopic (exact) mass is 618 g/mol. The van der Waals surface area contributed by atoms with Crippen molar-refractivity contribution in [1.82, 2.24) is 30.3 Å². The van der Waals surface area contributed by atoms with Gasteiger partial charge in [-0.25, -0.2) is 14.6 Å². The van der Waals surface area contributed by atoms with Crippen LogP contribution in [0.3, 0.4) is 0 Å². The predicted molar refractivity (Wildman–Crippen MR) is 169 cm³/mol. The number of carbonyl (C=O) groups excluding carboxylic acids is 2. The van der Waals surface area contributed by atoms with Gasteiger partial charge >= 0.3 is 12.0 Å². The first-order valence-electron chi connectivity index (χ1n) is 15.5. The summed E-state index contributed by atoms with van der Waals surface area (Å²) in [6, 6.07) is 4.19. The first-order valence-corrected chi connectivity index (χ1v) is 15.5. The third-order valence-electron chi connectivity index (χ3n) is 8.60. The number of carbonyl (C=O) groups is 3. The molecule has 45 heavy (non-hydrogen) atoms. The summed E-state index contributed by atoms with van der Waals surface area (Å²) in [6.07, 6.45) is 11.4. The van der Waals surface area contributed by atoms with E-state index in [-0.39, 0.29) is 18.9 Å². The van der Waals surface area contributed by atoms with Gasteiger partial charge in [-0.1, -0.05) is 19.1 Å². The van der Waals surface area contributed by atoms with Crippen molar-refractivity contribution in [3.05, 3.63) is 48.3 Å². The number of hydrogen-bond donors (Lipinski definition) is 3. The molecule has 1 aliphatic carbocycles. The highest BCUT2D eigenvalue weighted by Crippen LogP contribution is 2.45. The number of methoxy groups -OCH3 is 1. The maximum absolute atomic E-state index is 13.5. The zero-order chi connectivity index (χ0) is 32.1. The molecule has 0 saturated heterocycles. The Hall–Kier alpha value is -4.61. The van der Waals surface area contributed by atoms with Crippen LogP contribution in [0.25, 0.3) is 22.2 Å². The van der Waals surface area contributed by atoms with Gasteiger partial charge in [0.05, 0.1) is 31.1 Å². The Morgan fingerprint density at radius 1 is 1.22 bits per heavy atom. The maximum atomic E-state index is 13.5. The predicted octanol–water partition coefficient (Wildman–Crippen LogP) is 4.30. The molecule has 0 bridgehead atoms. The lowest BCUT2D eigenvalue weighted by Crippen LogP contribution is -2.55. The number of ether oxygens (including phenoxy) is 2. The fourth-order valence-corrected chi connectivity index (χ4v) is 5.77. The number of hydrogen-bond acceptors (Lipinski definition) is 7. The molecule has 3 N–H and O–H groups in total. The van der Waals surface area contributed by atoms with Gasteiger partial charge in [0.15, 0.2) is 0 Å². The number of carboxylic acid groups (broad SMARTS) is 1. The molecule has 0 radical (unpaired) electrons. The van der Waals surface area contributed by atoms with Crippen LogP contribution in [0.2, 0.25) is 0 Å². The van der Waals surface area contributed by atoms with Crippen molar-refractivity contribution in [2.75, 3.05) is 27.3 Å². The molecule has 3 unspecified atom stereocenters. The van der Waals surface area contributed by atoms with Crippen molar-refractivity contribution in [3.63, 3.8) is 0 Å². The summed E-state index contributed by atoms with van der Waals surface area (Å²) in [6.45, 7) is 5.42. The Kier molecular flexibility index (Phi) is 9.60.